The van der Waals surface area contributed by atoms with Gasteiger partial charge < -0.3 is 54.2 Å². The summed E-state index contributed by atoms with van der Waals surface area (Å²) in [7, 11) is -2.32. The summed E-state index contributed by atoms with van der Waals surface area (Å²) in [5, 5.41) is 25.1. The molecule has 0 heterocycles. The maximum absolute atomic E-state index is 13.9. The smallest absolute Gasteiger partial charge is 0.243 e. The Kier molecular flexibility index (Phi) is 33.4. The van der Waals surface area contributed by atoms with E-state index in [9.17, 15) is 47.1 Å². The van der Waals surface area contributed by atoms with Crippen LogP contribution in [0.5, 0.6) is 5.75 Å². The number of hydrogen-bond acceptors (Lipinski definition) is 12. The number of amides is 7. The van der Waals surface area contributed by atoms with Crippen molar-refractivity contribution in [2.45, 2.75) is 179 Å². The Morgan fingerprint density at radius 2 is 1.01 bits per heavy atom. The Bertz CT molecular complexity index is 1750. The minimum atomic E-state index is -3.75. The number of nitrogens with two attached hydrogens (primary N) is 3. The van der Waals surface area contributed by atoms with Gasteiger partial charge in [-0.3, -0.25) is 33.6 Å². The Morgan fingerprint density at radius 1 is 0.559 bits per heavy atom. The second kappa shape index (κ2) is 37.1. The molecule has 0 saturated carbocycles. The first-order valence-corrected chi connectivity index (χ1v) is 26.3. The molecule has 0 fully saturated rings. The summed E-state index contributed by atoms with van der Waals surface area (Å²) in [4.78, 5) is 91.7. The molecule has 68 heavy (non-hydrogen) atoms. The second-order valence-corrected chi connectivity index (χ2v) is 19.3. The molecular weight excluding hydrogens is 897 g/mol. The van der Waals surface area contributed by atoms with E-state index in [0.29, 0.717) is 57.2 Å². The Hall–Kier alpha value is -4.86. The third-order valence-corrected chi connectivity index (χ3v) is 12.8. The van der Waals surface area contributed by atoms with Crippen molar-refractivity contribution < 1.29 is 47.1 Å². The summed E-state index contributed by atoms with van der Waals surface area (Å²) in [6, 6.07) is 0.875. The van der Waals surface area contributed by atoms with Crippen LogP contribution in [0.4, 0.5) is 0 Å². The van der Waals surface area contributed by atoms with Gasteiger partial charge in [0.1, 0.15) is 29.9 Å². The van der Waals surface area contributed by atoms with Crippen LogP contribution in [0, 0.1) is 0 Å². The SMILES string of the molecule is CCCCCCCCCCCCCCCCS(=O)(=O)NCC(=O)NCC(=O)N[C@@H](Cc1ccc(O)cc1)C(=O)N[C@@H](CCC(N)=O)C(=O)N[C@@H](CCCCN)C(=O)N[C@@H](CCCCN)C(=O)NC. The van der Waals surface area contributed by atoms with Crippen LogP contribution in [0.15, 0.2) is 24.3 Å². The summed E-state index contributed by atoms with van der Waals surface area (Å²) in [5.74, 6) is -5.39. The van der Waals surface area contributed by atoms with Gasteiger partial charge in [-0.15, -0.1) is 0 Å². The number of likely N-dealkylation sites (N-methyl/N-ethyl adjacent to an activating group) is 1. The van der Waals surface area contributed by atoms with Crippen molar-refractivity contribution in [3.05, 3.63) is 29.8 Å². The number of hydrogen-bond donors (Lipinski definition) is 11. The molecule has 0 aromatic heterocycles. The monoisotopic (exact) mass is 981 g/mol. The van der Waals surface area contributed by atoms with Gasteiger partial charge in [0.05, 0.1) is 18.8 Å². The molecule has 7 amide bonds. The maximum Gasteiger partial charge on any atom is 0.243 e. The standard InChI is InChI=1S/C47H84N10O10S/c1-3-4-5-6-7-8-9-10-11-12-13-14-15-20-31-68(66,67)53-34-42(60)52-33-43(61)54-40(32-35-23-25-36(58)26-24-35)47(65)57-39(27-28-41(50)59)46(64)56-38(22-17-19-30-49)45(63)55-37(44(62)51-2)21-16-18-29-48/h23-26,37-40,53,58H,3-22,27-34,48-49H2,1-2H3,(H2,50,59)(H,51,62)(H,52,60)(H,54,61)(H,55,63)(H,56,64)(H,57,65)/t37-,38-,39-,40-/m0/s1. The normalized spacial score (nSPS) is 13.1. The third-order valence-electron chi connectivity index (χ3n) is 11.4. The highest BCUT2D eigenvalue weighted by Gasteiger charge is 2.31. The van der Waals surface area contributed by atoms with Gasteiger partial charge >= 0.3 is 0 Å². The molecule has 0 aliphatic heterocycles. The van der Waals surface area contributed by atoms with E-state index in [-0.39, 0.29) is 37.2 Å². The minimum absolute atomic E-state index is 0.0536. The van der Waals surface area contributed by atoms with Crippen LogP contribution in [0.1, 0.15) is 154 Å². The zero-order chi connectivity index (χ0) is 50.6. The van der Waals surface area contributed by atoms with E-state index in [1.807, 2.05) is 0 Å². The molecule has 0 saturated heterocycles. The first-order chi connectivity index (χ1) is 32.5. The number of nitrogens with one attached hydrogen (secondary N) is 7. The van der Waals surface area contributed by atoms with Crippen LogP contribution in [0.25, 0.3) is 0 Å². The predicted molar refractivity (Wildman–Crippen MR) is 263 cm³/mol. The van der Waals surface area contributed by atoms with E-state index in [1.54, 1.807) is 0 Å². The summed E-state index contributed by atoms with van der Waals surface area (Å²) >= 11 is 0. The van der Waals surface area contributed by atoms with E-state index in [0.717, 1.165) is 25.7 Å². The fraction of sp³-hybridized carbons (Fsp3) is 0.723. The van der Waals surface area contributed by atoms with Crippen molar-refractivity contribution in [1.29, 1.82) is 0 Å². The molecule has 0 radical (unpaired) electrons. The van der Waals surface area contributed by atoms with Gasteiger partial charge in [0.2, 0.25) is 51.4 Å². The first-order valence-electron chi connectivity index (χ1n) is 24.7. The van der Waals surface area contributed by atoms with Crippen LogP contribution in [-0.4, -0.2) is 118 Å². The van der Waals surface area contributed by atoms with Crippen molar-refractivity contribution in [2.24, 2.45) is 17.2 Å². The summed E-state index contributed by atoms with van der Waals surface area (Å²) in [5.41, 5.74) is 17.2. The number of primary amides is 1. The molecule has 0 unspecified atom stereocenters. The van der Waals surface area contributed by atoms with Crippen LogP contribution in [0.2, 0.25) is 0 Å². The van der Waals surface area contributed by atoms with E-state index >= 15 is 0 Å². The zero-order valence-corrected chi connectivity index (χ0v) is 41.5. The Labute approximate surface area is 404 Å². The molecule has 0 bridgehead atoms. The lowest BCUT2D eigenvalue weighted by atomic mass is 10.0. The molecule has 1 aromatic rings. The van der Waals surface area contributed by atoms with Crippen molar-refractivity contribution in [2.75, 3.05) is 39.0 Å². The number of unbranched alkanes of at least 4 members (excludes halogenated alkanes) is 15. The largest absolute Gasteiger partial charge is 0.508 e. The molecule has 0 aliphatic rings. The number of aromatic hydroxyl groups is 1. The molecule has 1 aromatic carbocycles. The van der Waals surface area contributed by atoms with E-state index in [4.69, 9.17) is 17.2 Å². The van der Waals surface area contributed by atoms with Crippen molar-refractivity contribution in [1.82, 2.24) is 36.6 Å². The molecule has 388 valence electrons. The van der Waals surface area contributed by atoms with E-state index in [1.165, 1.54) is 89.1 Å². The number of sulfonamides is 1. The van der Waals surface area contributed by atoms with Crippen LogP contribution in [0.3, 0.4) is 0 Å². The lowest BCUT2D eigenvalue weighted by Crippen LogP contribution is -2.58. The number of benzene rings is 1. The van der Waals surface area contributed by atoms with Gasteiger partial charge in [0, 0.05) is 19.9 Å². The van der Waals surface area contributed by atoms with Gasteiger partial charge in [-0.25, -0.2) is 13.1 Å². The number of carbonyl (C=O) groups is 7. The van der Waals surface area contributed by atoms with Crippen molar-refractivity contribution in [3.63, 3.8) is 0 Å². The van der Waals surface area contributed by atoms with Crippen molar-refractivity contribution >= 4 is 51.4 Å². The molecule has 1 rings (SSSR count). The zero-order valence-electron chi connectivity index (χ0n) is 40.7. The average Bonchev–Trinajstić information content (AvgIpc) is 3.31. The molecule has 14 N–H and O–H groups in total. The number of carbonyl (C=O) groups excluding carboxylic acids is 7. The Balaban J connectivity index is 2.91. The van der Waals surface area contributed by atoms with Gasteiger partial charge in [-0.1, -0.05) is 103 Å². The maximum atomic E-state index is 13.9. The van der Waals surface area contributed by atoms with Crippen LogP contribution < -0.4 is 53.8 Å². The summed E-state index contributed by atoms with van der Waals surface area (Å²) in [6.07, 6.45) is 17.6. The molecule has 0 spiro atoms. The molecule has 0 aliphatic carbocycles. The minimum Gasteiger partial charge on any atom is -0.508 e. The summed E-state index contributed by atoms with van der Waals surface area (Å²) in [6.45, 7) is 1.70. The predicted octanol–water partition coefficient (Wildman–Crippen LogP) is 1.66. The fourth-order valence-electron chi connectivity index (χ4n) is 7.37. The quantitative estimate of drug-likeness (QED) is 0.0418. The van der Waals surface area contributed by atoms with Crippen molar-refractivity contribution in [3.8, 4) is 5.75 Å². The van der Waals surface area contributed by atoms with Gasteiger partial charge in [-0.2, -0.15) is 0 Å². The first kappa shape index (κ1) is 61.2. The average molecular weight is 981 g/mol. The molecule has 4 atom stereocenters. The highest BCUT2D eigenvalue weighted by Crippen LogP contribution is 2.15. The van der Waals surface area contributed by atoms with Gasteiger partial charge in [0.25, 0.3) is 0 Å². The topological polar surface area (TPSA) is 336 Å². The lowest BCUT2D eigenvalue weighted by Gasteiger charge is -2.26. The summed E-state index contributed by atoms with van der Waals surface area (Å²) < 4.78 is 27.4. The molecule has 20 nitrogen and oxygen atoms in total. The molecular formula is C47H84N10O10S. The van der Waals surface area contributed by atoms with Gasteiger partial charge in [0.15, 0.2) is 0 Å². The van der Waals surface area contributed by atoms with E-state index < -0.39 is 88.6 Å². The molecule has 21 heteroatoms. The van der Waals surface area contributed by atoms with Crippen LogP contribution >= 0.6 is 0 Å². The number of phenolic OH excluding ortho intramolecular Hbond substituents is 1. The fourth-order valence-corrected chi connectivity index (χ4v) is 8.45. The van der Waals surface area contributed by atoms with Crippen LogP contribution in [-0.2, 0) is 50.0 Å². The van der Waals surface area contributed by atoms with Gasteiger partial charge in [-0.05, 0) is 82.2 Å². The number of rotatable bonds is 41. The lowest BCUT2D eigenvalue weighted by molar-refractivity contribution is -0.135. The Morgan fingerprint density at radius 3 is 1.49 bits per heavy atom. The number of phenols is 1. The highest BCUT2D eigenvalue weighted by atomic mass is 32.2. The van der Waals surface area contributed by atoms with E-state index in [2.05, 4.69) is 43.5 Å². The third kappa shape index (κ3) is 29.8. The second-order valence-electron chi connectivity index (χ2n) is 17.4. The highest BCUT2D eigenvalue weighted by molar-refractivity contribution is 7.89.